The quantitative estimate of drug-likeness (QED) is 0.517. The molecule has 66 valence electrons. The maximum Gasteiger partial charge on any atom is 0.0434 e. The minimum atomic E-state index is 0.227. The summed E-state index contributed by atoms with van der Waals surface area (Å²) in [5.74, 6) is 5.37. The second kappa shape index (κ2) is 3.70. The Hall–Kier alpha value is -0.860. The van der Waals surface area contributed by atoms with Crippen LogP contribution in [0.3, 0.4) is 0 Å². The molecule has 3 N–H and O–H groups in total. The van der Waals surface area contributed by atoms with Crippen LogP contribution in [0.25, 0.3) is 0 Å². The molecule has 0 fully saturated rings. The highest BCUT2D eigenvalue weighted by atomic mass is 15.2. The van der Waals surface area contributed by atoms with Crippen molar-refractivity contribution in [2.24, 2.45) is 5.84 Å². The van der Waals surface area contributed by atoms with E-state index in [9.17, 15) is 0 Å². The zero-order valence-corrected chi connectivity index (χ0v) is 7.89. The van der Waals surface area contributed by atoms with Gasteiger partial charge in [0.1, 0.15) is 0 Å². The van der Waals surface area contributed by atoms with Gasteiger partial charge in [-0.1, -0.05) is 18.2 Å². The Bertz CT molecular complexity index is 269. The summed E-state index contributed by atoms with van der Waals surface area (Å²) in [6, 6.07) is 6.50. The van der Waals surface area contributed by atoms with Crippen molar-refractivity contribution in [2.45, 2.75) is 26.8 Å². The van der Waals surface area contributed by atoms with Gasteiger partial charge < -0.3 is 0 Å². The van der Waals surface area contributed by atoms with E-state index in [1.165, 1.54) is 16.7 Å². The lowest BCUT2D eigenvalue weighted by Gasteiger charge is -2.14. The smallest absolute Gasteiger partial charge is 0.0434 e. The number of benzene rings is 1. The van der Waals surface area contributed by atoms with Gasteiger partial charge in [-0.15, -0.1) is 0 Å². The van der Waals surface area contributed by atoms with Crippen molar-refractivity contribution in [1.29, 1.82) is 0 Å². The lowest BCUT2D eigenvalue weighted by Crippen LogP contribution is -2.26. The van der Waals surface area contributed by atoms with E-state index in [-0.39, 0.29) is 6.04 Å². The predicted molar refractivity (Wildman–Crippen MR) is 51.7 cm³/mol. The average molecular weight is 164 g/mol. The highest BCUT2D eigenvalue weighted by Crippen LogP contribution is 2.18. The summed E-state index contributed by atoms with van der Waals surface area (Å²) in [5.41, 5.74) is 6.66. The van der Waals surface area contributed by atoms with Gasteiger partial charge in [-0.05, 0) is 37.5 Å². The molecule has 0 bridgehead atoms. The van der Waals surface area contributed by atoms with Crippen LogP contribution in [-0.4, -0.2) is 0 Å². The van der Waals surface area contributed by atoms with E-state index in [0.717, 1.165) is 0 Å². The molecule has 0 aromatic heterocycles. The van der Waals surface area contributed by atoms with Gasteiger partial charge in [-0.3, -0.25) is 11.3 Å². The third kappa shape index (κ3) is 1.65. The van der Waals surface area contributed by atoms with E-state index in [1.54, 1.807) is 0 Å². The van der Waals surface area contributed by atoms with Crippen molar-refractivity contribution in [3.8, 4) is 0 Å². The predicted octanol–water partition coefficient (Wildman–Crippen LogP) is 1.83. The number of hydrogen-bond acceptors (Lipinski definition) is 2. The molecular weight excluding hydrogens is 148 g/mol. The van der Waals surface area contributed by atoms with E-state index >= 15 is 0 Å². The van der Waals surface area contributed by atoms with Crippen molar-refractivity contribution in [2.75, 3.05) is 0 Å². The lowest BCUT2D eigenvalue weighted by molar-refractivity contribution is 0.599. The number of hydrogen-bond donors (Lipinski definition) is 2. The second-order valence-electron chi connectivity index (χ2n) is 3.18. The Labute approximate surface area is 73.8 Å². The molecular formula is C10H16N2. The minimum absolute atomic E-state index is 0.227. The minimum Gasteiger partial charge on any atom is -0.271 e. The SMILES string of the molecule is Cc1cccc(C(C)NN)c1C. The first-order chi connectivity index (χ1) is 5.66. The molecule has 0 spiro atoms. The molecule has 2 nitrogen and oxygen atoms in total. The zero-order chi connectivity index (χ0) is 9.14. The molecule has 1 unspecified atom stereocenters. The Morgan fingerprint density at radius 2 is 2.00 bits per heavy atom. The Kier molecular flexibility index (Phi) is 2.84. The van der Waals surface area contributed by atoms with Crippen LogP contribution in [0.2, 0.25) is 0 Å². The monoisotopic (exact) mass is 164 g/mol. The fourth-order valence-corrected chi connectivity index (χ4v) is 1.33. The van der Waals surface area contributed by atoms with Crippen LogP contribution in [-0.2, 0) is 0 Å². The molecule has 0 aliphatic rings. The van der Waals surface area contributed by atoms with Crippen LogP contribution in [0.4, 0.5) is 0 Å². The molecule has 0 aliphatic carbocycles. The first-order valence-corrected chi connectivity index (χ1v) is 4.19. The largest absolute Gasteiger partial charge is 0.271 e. The van der Waals surface area contributed by atoms with Gasteiger partial charge in [0.2, 0.25) is 0 Å². The van der Waals surface area contributed by atoms with Crippen LogP contribution in [0, 0.1) is 13.8 Å². The van der Waals surface area contributed by atoms with E-state index < -0.39 is 0 Å². The van der Waals surface area contributed by atoms with Crippen LogP contribution in [0.15, 0.2) is 18.2 Å². The molecule has 1 atom stereocenters. The van der Waals surface area contributed by atoms with Gasteiger partial charge in [0.15, 0.2) is 0 Å². The second-order valence-corrected chi connectivity index (χ2v) is 3.18. The van der Waals surface area contributed by atoms with Crippen LogP contribution in [0.1, 0.15) is 29.7 Å². The summed E-state index contributed by atoms with van der Waals surface area (Å²) in [7, 11) is 0. The molecule has 0 amide bonds. The summed E-state index contributed by atoms with van der Waals surface area (Å²) in [4.78, 5) is 0. The van der Waals surface area contributed by atoms with Gasteiger partial charge in [0.25, 0.3) is 0 Å². The van der Waals surface area contributed by atoms with Crippen LogP contribution >= 0.6 is 0 Å². The van der Waals surface area contributed by atoms with Crippen molar-refractivity contribution in [3.63, 3.8) is 0 Å². The maximum absolute atomic E-state index is 5.37. The standard InChI is InChI=1S/C10H16N2/c1-7-5-4-6-10(8(7)2)9(3)12-11/h4-6,9,12H,11H2,1-3H3. The normalized spacial score (nSPS) is 13.0. The Morgan fingerprint density at radius 3 is 2.58 bits per heavy atom. The molecule has 12 heavy (non-hydrogen) atoms. The van der Waals surface area contributed by atoms with E-state index in [4.69, 9.17) is 5.84 Å². The topological polar surface area (TPSA) is 38.0 Å². The molecule has 0 saturated heterocycles. The third-order valence-electron chi connectivity index (χ3n) is 2.36. The Morgan fingerprint density at radius 1 is 1.33 bits per heavy atom. The highest BCUT2D eigenvalue weighted by molar-refractivity contribution is 5.34. The Balaban J connectivity index is 3.07. The molecule has 0 heterocycles. The lowest BCUT2D eigenvalue weighted by atomic mass is 9.99. The number of rotatable bonds is 2. The van der Waals surface area contributed by atoms with Gasteiger partial charge in [0.05, 0.1) is 0 Å². The van der Waals surface area contributed by atoms with Gasteiger partial charge in [-0.25, -0.2) is 0 Å². The molecule has 0 aliphatic heterocycles. The van der Waals surface area contributed by atoms with Gasteiger partial charge in [-0.2, -0.15) is 0 Å². The van der Waals surface area contributed by atoms with E-state index in [2.05, 4.69) is 44.4 Å². The van der Waals surface area contributed by atoms with E-state index in [0.29, 0.717) is 0 Å². The van der Waals surface area contributed by atoms with Gasteiger partial charge in [0, 0.05) is 6.04 Å². The molecule has 0 saturated carbocycles. The maximum atomic E-state index is 5.37. The first-order valence-electron chi connectivity index (χ1n) is 4.19. The summed E-state index contributed by atoms with van der Waals surface area (Å²) in [6.45, 7) is 6.29. The molecule has 2 heteroatoms. The van der Waals surface area contributed by atoms with Crippen molar-refractivity contribution in [3.05, 3.63) is 34.9 Å². The molecule has 1 aromatic carbocycles. The fraction of sp³-hybridized carbons (Fsp3) is 0.400. The third-order valence-corrected chi connectivity index (χ3v) is 2.36. The van der Waals surface area contributed by atoms with Crippen molar-refractivity contribution >= 4 is 0 Å². The van der Waals surface area contributed by atoms with Crippen LogP contribution < -0.4 is 11.3 Å². The zero-order valence-electron chi connectivity index (χ0n) is 7.89. The number of hydrazine groups is 1. The summed E-state index contributed by atoms with van der Waals surface area (Å²) in [6.07, 6.45) is 0. The molecule has 1 aromatic rings. The number of nitrogens with one attached hydrogen (secondary N) is 1. The summed E-state index contributed by atoms with van der Waals surface area (Å²) >= 11 is 0. The van der Waals surface area contributed by atoms with Crippen LogP contribution in [0.5, 0.6) is 0 Å². The number of aryl methyl sites for hydroxylation is 1. The highest BCUT2D eigenvalue weighted by Gasteiger charge is 2.06. The summed E-state index contributed by atoms with van der Waals surface area (Å²) in [5, 5.41) is 0. The van der Waals surface area contributed by atoms with Gasteiger partial charge >= 0.3 is 0 Å². The first kappa shape index (κ1) is 9.23. The fourth-order valence-electron chi connectivity index (χ4n) is 1.33. The van der Waals surface area contributed by atoms with E-state index in [1.807, 2.05) is 0 Å². The molecule has 1 rings (SSSR count). The van der Waals surface area contributed by atoms with Crippen molar-refractivity contribution in [1.82, 2.24) is 5.43 Å². The number of nitrogens with two attached hydrogens (primary N) is 1. The van der Waals surface area contributed by atoms with Crippen molar-refractivity contribution < 1.29 is 0 Å². The average Bonchev–Trinajstić information content (AvgIpc) is 2.08. The summed E-state index contributed by atoms with van der Waals surface area (Å²) < 4.78 is 0. The molecule has 0 radical (unpaired) electrons.